The molecule has 2 aromatic carbocycles. The summed E-state index contributed by atoms with van der Waals surface area (Å²) in [6.45, 7) is 5.21. The van der Waals surface area contributed by atoms with E-state index in [0.29, 0.717) is 29.1 Å². The Morgan fingerprint density at radius 3 is 2.67 bits per heavy atom. The molecule has 0 radical (unpaired) electrons. The van der Waals surface area contributed by atoms with Crippen molar-refractivity contribution in [1.82, 2.24) is 29.9 Å². The number of thiazole rings is 2. The van der Waals surface area contributed by atoms with Gasteiger partial charge in [-0.1, -0.05) is 30.4 Å². The van der Waals surface area contributed by atoms with Gasteiger partial charge in [0.25, 0.3) is 5.91 Å². The first-order chi connectivity index (χ1) is 20.4. The van der Waals surface area contributed by atoms with Crippen LogP contribution >= 0.6 is 34.0 Å². The third kappa shape index (κ3) is 5.25. The van der Waals surface area contributed by atoms with E-state index in [1.807, 2.05) is 54.9 Å². The first-order valence-corrected chi connectivity index (χ1v) is 16.2. The van der Waals surface area contributed by atoms with Gasteiger partial charge < -0.3 is 14.8 Å². The van der Waals surface area contributed by atoms with E-state index in [4.69, 9.17) is 24.4 Å². The standard InChI is InChI=1S/C30H28N6O3S3/c1-4-30(9-10-30)16-31-26(37)18-5-7-19(8-6-18)27-32-20(15-40-27)14-39-24-12-21(38-3)11-22-25(24)42-28(33-22)23-13-36-29(34-23)41-17(2)35-36/h5-8,11-13,15H,4,9-10,14,16H2,1-3H3,(H,31,37). The largest absolute Gasteiger partial charge is 0.497 e. The zero-order chi connectivity index (χ0) is 28.8. The Labute approximate surface area is 254 Å². The van der Waals surface area contributed by atoms with Crippen molar-refractivity contribution in [3.63, 3.8) is 0 Å². The molecule has 0 saturated heterocycles. The highest BCUT2D eigenvalue weighted by atomic mass is 32.1. The van der Waals surface area contributed by atoms with Gasteiger partial charge in [0.05, 0.1) is 29.2 Å². The van der Waals surface area contributed by atoms with Crippen LogP contribution in [0, 0.1) is 12.3 Å². The van der Waals surface area contributed by atoms with Crippen LogP contribution in [0.25, 0.3) is 36.5 Å². The Hall–Kier alpha value is -3.87. The van der Waals surface area contributed by atoms with Crippen LogP contribution in [0.5, 0.6) is 11.5 Å². The summed E-state index contributed by atoms with van der Waals surface area (Å²) in [6, 6.07) is 11.4. The molecule has 4 aromatic heterocycles. The van der Waals surface area contributed by atoms with Crippen molar-refractivity contribution >= 4 is 55.1 Å². The Bertz CT molecular complexity index is 1880. The molecule has 0 aliphatic heterocycles. The lowest BCUT2D eigenvalue weighted by molar-refractivity contribution is 0.0944. The van der Waals surface area contributed by atoms with Gasteiger partial charge in [0.15, 0.2) is 0 Å². The molecule has 1 N–H and O–H groups in total. The van der Waals surface area contributed by atoms with Gasteiger partial charge in [0, 0.05) is 35.2 Å². The molecule has 7 rings (SSSR count). The number of benzene rings is 2. The fraction of sp³-hybridized carbons (Fsp3) is 0.300. The molecule has 1 saturated carbocycles. The molecular weight excluding hydrogens is 589 g/mol. The zero-order valence-electron chi connectivity index (χ0n) is 23.3. The van der Waals surface area contributed by atoms with Crippen molar-refractivity contribution in [1.29, 1.82) is 0 Å². The number of carbonyl (C=O) groups is 1. The number of methoxy groups -OCH3 is 1. The van der Waals surface area contributed by atoms with Gasteiger partial charge in [-0.25, -0.2) is 19.5 Å². The quantitative estimate of drug-likeness (QED) is 0.177. The van der Waals surface area contributed by atoms with E-state index in [0.717, 1.165) is 60.1 Å². The average molecular weight is 617 g/mol. The third-order valence-corrected chi connectivity index (χ3v) is 10.6. The average Bonchev–Trinajstić information content (AvgIpc) is 3.36. The summed E-state index contributed by atoms with van der Waals surface area (Å²) in [7, 11) is 1.63. The zero-order valence-corrected chi connectivity index (χ0v) is 25.8. The number of nitrogens with zero attached hydrogens (tertiary/aromatic N) is 5. The SMILES string of the molecule is CCC1(CNC(=O)c2ccc(-c3nc(COc4cc(OC)cc5nc(-c6cn7nc(C)sc7n6)sc45)cs3)cc2)CC1. The second-order valence-corrected chi connectivity index (χ2v) is 13.5. The molecule has 0 unspecified atom stereocenters. The lowest BCUT2D eigenvalue weighted by Gasteiger charge is -2.13. The minimum Gasteiger partial charge on any atom is -0.497 e. The Morgan fingerprint density at radius 1 is 1.10 bits per heavy atom. The monoisotopic (exact) mass is 616 g/mol. The minimum atomic E-state index is -0.0233. The van der Waals surface area contributed by atoms with E-state index in [2.05, 4.69) is 17.3 Å². The molecule has 1 aliphatic rings. The first kappa shape index (κ1) is 27.0. The number of hydrogen-bond acceptors (Lipinski definition) is 10. The number of hydrogen-bond donors (Lipinski definition) is 1. The van der Waals surface area contributed by atoms with Gasteiger partial charge in [0.2, 0.25) is 4.96 Å². The smallest absolute Gasteiger partial charge is 0.251 e. The highest BCUT2D eigenvalue weighted by Gasteiger charge is 2.40. The number of amides is 1. The molecule has 4 heterocycles. The van der Waals surface area contributed by atoms with Crippen LogP contribution in [-0.4, -0.2) is 44.1 Å². The van der Waals surface area contributed by atoms with Gasteiger partial charge in [-0.15, -0.1) is 22.7 Å². The maximum atomic E-state index is 12.6. The first-order valence-electron chi connectivity index (χ1n) is 13.7. The fourth-order valence-corrected chi connectivity index (χ4v) is 7.34. The van der Waals surface area contributed by atoms with Gasteiger partial charge in [0.1, 0.15) is 38.8 Å². The van der Waals surface area contributed by atoms with E-state index in [1.54, 1.807) is 34.3 Å². The third-order valence-electron chi connectivity index (χ3n) is 7.68. The minimum absolute atomic E-state index is 0.0233. The molecule has 9 nitrogen and oxygen atoms in total. The highest BCUT2D eigenvalue weighted by molar-refractivity contribution is 7.22. The van der Waals surface area contributed by atoms with E-state index in [9.17, 15) is 4.79 Å². The maximum absolute atomic E-state index is 12.6. The van der Waals surface area contributed by atoms with Crippen LogP contribution in [0.1, 0.15) is 47.2 Å². The van der Waals surface area contributed by atoms with Gasteiger partial charge in [-0.3, -0.25) is 4.79 Å². The van der Waals surface area contributed by atoms with Crippen molar-refractivity contribution in [2.75, 3.05) is 13.7 Å². The molecule has 1 aliphatic carbocycles. The number of aryl methyl sites for hydroxylation is 1. The predicted molar refractivity (Wildman–Crippen MR) is 167 cm³/mol. The molecule has 12 heteroatoms. The van der Waals surface area contributed by atoms with Crippen molar-refractivity contribution < 1.29 is 14.3 Å². The summed E-state index contributed by atoms with van der Waals surface area (Å²) in [5.74, 6) is 1.33. The van der Waals surface area contributed by atoms with Gasteiger partial charge >= 0.3 is 0 Å². The normalized spacial score (nSPS) is 14.0. The highest BCUT2D eigenvalue weighted by Crippen LogP contribution is 2.48. The lowest BCUT2D eigenvalue weighted by Crippen LogP contribution is -2.29. The maximum Gasteiger partial charge on any atom is 0.251 e. The topological polar surface area (TPSA) is 104 Å². The second kappa shape index (κ2) is 10.8. The summed E-state index contributed by atoms with van der Waals surface area (Å²) in [5, 5.41) is 12.2. The van der Waals surface area contributed by atoms with Crippen LogP contribution in [0.2, 0.25) is 0 Å². The predicted octanol–water partition coefficient (Wildman–Crippen LogP) is 7.01. The molecule has 214 valence electrons. The van der Waals surface area contributed by atoms with E-state index < -0.39 is 0 Å². The van der Waals surface area contributed by atoms with Crippen LogP contribution in [0.3, 0.4) is 0 Å². The number of nitrogens with one attached hydrogen (secondary N) is 1. The summed E-state index contributed by atoms with van der Waals surface area (Å²) in [4.78, 5) is 27.8. The van der Waals surface area contributed by atoms with Crippen molar-refractivity contribution in [2.45, 2.75) is 39.7 Å². The molecule has 6 aromatic rings. The fourth-order valence-electron chi connectivity index (χ4n) is 4.84. The number of imidazole rings is 1. The van der Waals surface area contributed by atoms with Crippen LogP contribution < -0.4 is 14.8 Å². The molecule has 0 bridgehead atoms. The van der Waals surface area contributed by atoms with E-state index in [-0.39, 0.29) is 5.91 Å². The summed E-state index contributed by atoms with van der Waals surface area (Å²) in [6.07, 6.45) is 5.42. The summed E-state index contributed by atoms with van der Waals surface area (Å²) >= 11 is 4.63. The van der Waals surface area contributed by atoms with Crippen LogP contribution in [0.4, 0.5) is 0 Å². The van der Waals surface area contributed by atoms with E-state index >= 15 is 0 Å². The number of fused-ring (bicyclic) bond motifs is 2. The summed E-state index contributed by atoms with van der Waals surface area (Å²) < 4.78 is 14.5. The Morgan fingerprint density at radius 2 is 1.93 bits per heavy atom. The Kier molecular flexibility index (Phi) is 6.91. The number of carbonyl (C=O) groups excluding carboxylic acids is 1. The Balaban J connectivity index is 1.05. The molecule has 1 fully saturated rings. The second-order valence-electron chi connectivity index (χ2n) is 10.5. The number of rotatable bonds is 10. The number of aromatic nitrogens is 5. The molecule has 0 spiro atoms. The lowest BCUT2D eigenvalue weighted by atomic mass is 10.0. The van der Waals surface area contributed by atoms with Gasteiger partial charge in [-0.05, 0) is 43.7 Å². The summed E-state index contributed by atoms with van der Waals surface area (Å²) in [5.41, 5.74) is 4.34. The molecule has 42 heavy (non-hydrogen) atoms. The van der Waals surface area contributed by atoms with Crippen molar-refractivity contribution in [3.8, 4) is 32.8 Å². The van der Waals surface area contributed by atoms with Crippen LogP contribution in [0.15, 0.2) is 48.0 Å². The molecular formula is C30H28N6O3S3. The number of ether oxygens (including phenoxy) is 2. The van der Waals surface area contributed by atoms with Crippen molar-refractivity contribution in [3.05, 3.63) is 64.2 Å². The van der Waals surface area contributed by atoms with E-state index in [1.165, 1.54) is 24.2 Å². The molecule has 1 amide bonds. The molecule has 0 atom stereocenters. The van der Waals surface area contributed by atoms with Gasteiger partial charge in [-0.2, -0.15) is 5.10 Å². The van der Waals surface area contributed by atoms with Crippen molar-refractivity contribution in [2.24, 2.45) is 5.41 Å². The van der Waals surface area contributed by atoms with Crippen LogP contribution in [-0.2, 0) is 6.61 Å².